The van der Waals surface area contributed by atoms with Gasteiger partial charge in [0.1, 0.15) is 24.3 Å². The number of halogens is 1. The van der Waals surface area contributed by atoms with Gasteiger partial charge in [0, 0.05) is 41.7 Å². The van der Waals surface area contributed by atoms with Crippen molar-refractivity contribution in [3.8, 4) is 23.1 Å². The maximum absolute atomic E-state index is 12.7. The summed E-state index contributed by atoms with van der Waals surface area (Å²) in [5, 5.41) is 13.4. The molecule has 0 radical (unpaired) electrons. The molecule has 0 saturated carbocycles. The van der Waals surface area contributed by atoms with Crippen molar-refractivity contribution in [1.82, 2.24) is 25.3 Å². The number of anilines is 1. The van der Waals surface area contributed by atoms with Gasteiger partial charge in [0.05, 0.1) is 34.6 Å². The number of hydrogen-bond donors (Lipinski definition) is 3. The second-order valence-corrected chi connectivity index (χ2v) is 10.7. The molecule has 12 heteroatoms. The number of aliphatic hydroxyl groups is 1. The highest BCUT2D eigenvalue weighted by Crippen LogP contribution is 2.36. The zero-order chi connectivity index (χ0) is 29.8. The lowest BCUT2D eigenvalue weighted by atomic mass is 10.0. The molecule has 11 nitrogen and oxygen atoms in total. The second-order valence-electron chi connectivity index (χ2n) is 10.3. The topological polar surface area (TPSA) is 149 Å². The normalized spacial score (nSPS) is 14.1. The van der Waals surface area contributed by atoms with Gasteiger partial charge in [-0.3, -0.25) is 4.79 Å². The van der Waals surface area contributed by atoms with Crippen LogP contribution in [0.4, 0.5) is 5.82 Å². The molecular formula is C29H36ClN7O4. The zero-order valence-corrected chi connectivity index (χ0v) is 24.9. The van der Waals surface area contributed by atoms with Crippen LogP contribution in [0, 0.1) is 6.92 Å². The summed E-state index contributed by atoms with van der Waals surface area (Å²) in [6.45, 7) is 10.3. The minimum Gasteiger partial charge on any atom is -0.491 e. The maximum Gasteiger partial charge on any atom is 0.316 e. The number of Topliss-reactive ketones (excluding diaryl/α,β-unsaturated/α-hetero) is 1. The van der Waals surface area contributed by atoms with Crippen LogP contribution >= 0.6 is 11.6 Å². The molecule has 1 aromatic carbocycles. The highest BCUT2D eigenvalue weighted by Gasteiger charge is 2.28. The minimum atomic E-state index is -0.685. The molecule has 0 spiro atoms. The Morgan fingerprint density at radius 1 is 1.22 bits per heavy atom. The van der Waals surface area contributed by atoms with Crippen molar-refractivity contribution < 1.29 is 19.4 Å². The first-order valence-corrected chi connectivity index (χ1v) is 13.7. The number of nitrogens with zero attached hydrogens (tertiary/aromatic N) is 5. The molecule has 41 heavy (non-hydrogen) atoms. The number of rotatable bonds is 11. The van der Waals surface area contributed by atoms with E-state index < -0.39 is 6.10 Å². The number of carbonyl (C=O) groups is 1. The van der Waals surface area contributed by atoms with Crippen LogP contribution in [0.3, 0.4) is 0 Å². The average molecular weight is 582 g/mol. The van der Waals surface area contributed by atoms with Gasteiger partial charge in [-0.25, -0.2) is 15.0 Å². The number of ether oxygens (including phenoxy) is 2. The Bertz CT molecular complexity index is 1470. The Labute approximate surface area is 244 Å². The third-order valence-corrected chi connectivity index (χ3v) is 6.77. The predicted molar refractivity (Wildman–Crippen MR) is 158 cm³/mol. The van der Waals surface area contributed by atoms with Crippen molar-refractivity contribution in [3.63, 3.8) is 0 Å². The van der Waals surface area contributed by atoms with E-state index in [2.05, 4.69) is 20.2 Å². The van der Waals surface area contributed by atoms with Gasteiger partial charge in [-0.2, -0.15) is 4.98 Å². The fourth-order valence-electron chi connectivity index (χ4n) is 4.61. The first kappa shape index (κ1) is 30.2. The average Bonchev–Trinajstić information content (AvgIpc) is 3.32. The second kappa shape index (κ2) is 12.8. The smallest absolute Gasteiger partial charge is 0.316 e. The number of likely N-dealkylation sites (N-methyl/N-ethyl adjacent to an activating group) is 1. The zero-order valence-electron chi connectivity index (χ0n) is 24.2. The van der Waals surface area contributed by atoms with E-state index in [4.69, 9.17) is 36.8 Å². The van der Waals surface area contributed by atoms with Gasteiger partial charge in [-0.15, -0.1) is 0 Å². The lowest BCUT2D eigenvalue weighted by Gasteiger charge is -2.22. The van der Waals surface area contributed by atoms with E-state index in [1.807, 2.05) is 20.8 Å². The van der Waals surface area contributed by atoms with Crippen LogP contribution in [0.1, 0.15) is 50.2 Å². The predicted octanol–water partition coefficient (Wildman–Crippen LogP) is 3.44. The number of ketones is 1. The third-order valence-electron chi connectivity index (χ3n) is 6.44. The number of nitrogens with one attached hydrogen (secondary N) is 1. The van der Waals surface area contributed by atoms with Crippen LogP contribution in [0.2, 0.25) is 5.02 Å². The molecule has 0 unspecified atom stereocenters. The van der Waals surface area contributed by atoms with Crippen molar-refractivity contribution in [2.75, 3.05) is 25.1 Å². The molecule has 0 fully saturated rings. The van der Waals surface area contributed by atoms with Crippen molar-refractivity contribution in [2.24, 2.45) is 5.73 Å². The molecule has 1 atom stereocenters. The number of carbonyl (C=O) groups excluding carboxylic acids is 1. The van der Waals surface area contributed by atoms with Gasteiger partial charge in [0.2, 0.25) is 0 Å². The Morgan fingerprint density at radius 3 is 2.63 bits per heavy atom. The Balaban J connectivity index is 1.80. The molecule has 4 N–H and O–H groups in total. The molecule has 0 aliphatic carbocycles. The van der Waals surface area contributed by atoms with Gasteiger partial charge >= 0.3 is 6.01 Å². The van der Waals surface area contributed by atoms with Crippen LogP contribution in [-0.4, -0.2) is 63.2 Å². The third kappa shape index (κ3) is 6.92. The molecular weight excluding hydrogens is 546 g/mol. The van der Waals surface area contributed by atoms with E-state index in [-0.39, 0.29) is 18.5 Å². The summed E-state index contributed by atoms with van der Waals surface area (Å²) in [6, 6.07) is 5.45. The lowest BCUT2D eigenvalue weighted by molar-refractivity contribution is -0.111. The highest BCUT2D eigenvalue weighted by atomic mass is 35.5. The molecule has 2 aromatic heterocycles. The minimum absolute atomic E-state index is 0.0489. The molecule has 218 valence electrons. The first-order valence-electron chi connectivity index (χ1n) is 13.4. The number of aliphatic hydroxyl groups excluding tert-OH is 1. The number of fused-ring (bicyclic) bond motifs is 1. The maximum atomic E-state index is 12.7. The highest BCUT2D eigenvalue weighted by molar-refractivity contribution is 6.33. The Kier molecular flexibility index (Phi) is 9.42. The number of allylic oxidation sites excluding steroid dienone is 2. The van der Waals surface area contributed by atoms with Crippen LogP contribution < -0.4 is 25.4 Å². The molecule has 1 aliphatic rings. The molecule has 3 aromatic rings. The van der Waals surface area contributed by atoms with Gasteiger partial charge in [0.25, 0.3) is 0 Å². The van der Waals surface area contributed by atoms with Crippen LogP contribution in [-0.2, 0) is 17.9 Å². The van der Waals surface area contributed by atoms with Crippen LogP contribution in [0.15, 0.2) is 30.1 Å². The van der Waals surface area contributed by atoms with E-state index >= 15 is 0 Å². The molecule has 4 rings (SSSR count). The largest absolute Gasteiger partial charge is 0.491 e. The van der Waals surface area contributed by atoms with E-state index in [1.165, 1.54) is 6.92 Å². The summed E-state index contributed by atoms with van der Waals surface area (Å²) >= 11 is 6.64. The van der Waals surface area contributed by atoms with Crippen molar-refractivity contribution in [1.29, 1.82) is 0 Å². The van der Waals surface area contributed by atoms with E-state index in [1.54, 1.807) is 38.4 Å². The summed E-state index contributed by atoms with van der Waals surface area (Å²) in [4.78, 5) is 33.5. The Hall–Kier alpha value is -3.80. The fraction of sp³-hybridized carbons (Fsp3) is 0.414. The summed E-state index contributed by atoms with van der Waals surface area (Å²) in [7, 11) is 1.75. The number of nitrogens with two attached hydrogens (primary N) is 1. The monoisotopic (exact) mass is 581 g/mol. The molecule has 0 saturated heterocycles. The van der Waals surface area contributed by atoms with Gasteiger partial charge in [0.15, 0.2) is 11.6 Å². The van der Waals surface area contributed by atoms with E-state index in [9.17, 15) is 9.90 Å². The number of aromatic nitrogens is 4. The SMILES string of the molecule is CNC[C@@H](O)COc1ccc(Cl)c(-c2nc(C(C(C)=O)=C(C)N)c(C)c(N3Cc4cnc(OC(C)C)nc4C3)n2)c1. The molecule has 0 amide bonds. The van der Waals surface area contributed by atoms with Gasteiger partial charge in [-0.1, -0.05) is 11.6 Å². The van der Waals surface area contributed by atoms with Crippen molar-refractivity contribution in [2.45, 2.75) is 59.9 Å². The first-order chi connectivity index (χ1) is 19.5. The summed E-state index contributed by atoms with van der Waals surface area (Å²) in [5.41, 5.74) is 10.3. The van der Waals surface area contributed by atoms with Gasteiger partial charge < -0.3 is 30.5 Å². The van der Waals surface area contributed by atoms with E-state index in [0.29, 0.717) is 76.2 Å². The number of benzene rings is 1. The Morgan fingerprint density at radius 2 is 1.98 bits per heavy atom. The quantitative estimate of drug-likeness (QED) is 0.286. The van der Waals surface area contributed by atoms with Crippen molar-refractivity contribution >= 4 is 28.8 Å². The fourth-order valence-corrected chi connectivity index (χ4v) is 4.81. The summed E-state index contributed by atoms with van der Waals surface area (Å²) < 4.78 is 11.5. The summed E-state index contributed by atoms with van der Waals surface area (Å²) in [5.74, 6) is 1.20. The van der Waals surface area contributed by atoms with E-state index in [0.717, 1.165) is 11.3 Å². The van der Waals surface area contributed by atoms with Crippen LogP contribution in [0.25, 0.3) is 17.0 Å². The lowest BCUT2D eigenvalue weighted by Crippen LogP contribution is -2.29. The van der Waals surface area contributed by atoms with Crippen molar-refractivity contribution in [3.05, 3.63) is 57.6 Å². The van der Waals surface area contributed by atoms with Crippen LogP contribution in [0.5, 0.6) is 11.8 Å². The molecule has 1 aliphatic heterocycles. The molecule has 3 heterocycles. The standard InChI is InChI=1S/C29H36ClN7O4/c1-15(2)41-29-33-10-19-12-37(13-24(19)34-29)28-16(3)26(25(17(4)31)18(5)38)35-27(36-28)22-9-21(7-8-23(22)30)40-14-20(39)11-32-6/h7-10,15,20,32,39H,11-14,31H2,1-6H3/t20-/m1/s1. The molecule has 0 bridgehead atoms. The number of hydrogen-bond acceptors (Lipinski definition) is 11. The van der Waals surface area contributed by atoms with Gasteiger partial charge in [-0.05, 0) is 59.9 Å². The summed E-state index contributed by atoms with van der Waals surface area (Å²) in [6.07, 6.45) is 1.03.